The van der Waals surface area contributed by atoms with Crippen LogP contribution >= 0.6 is 0 Å². The van der Waals surface area contributed by atoms with Crippen LogP contribution in [0.2, 0.25) is 0 Å². The third-order valence-corrected chi connectivity index (χ3v) is 2.24. The lowest BCUT2D eigenvalue weighted by molar-refractivity contribution is 0.224. The molecule has 0 aromatic rings. The molecule has 0 aromatic carbocycles. The Kier molecular flexibility index (Phi) is 4.60. The van der Waals surface area contributed by atoms with E-state index in [1.54, 1.807) is 0 Å². The van der Waals surface area contributed by atoms with Crippen LogP contribution in [0.15, 0.2) is 0 Å². The third kappa shape index (κ3) is 3.16. The summed E-state index contributed by atoms with van der Waals surface area (Å²) in [4.78, 5) is 0. The molecule has 0 aliphatic rings. The Bertz CT molecular complexity index is 96.6. The minimum absolute atomic E-state index is 0.0938. The largest absolute Gasteiger partial charge is 0.330 e. The molecule has 0 bridgehead atoms. The van der Waals surface area contributed by atoms with Crippen molar-refractivity contribution in [1.82, 2.24) is 0 Å². The fourth-order valence-corrected chi connectivity index (χ4v) is 1.12. The van der Waals surface area contributed by atoms with E-state index in [1.165, 1.54) is 0 Å². The molecule has 0 amide bonds. The lowest BCUT2D eigenvalue weighted by Gasteiger charge is -2.32. The van der Waals surface area contributed by atoms with E-state index in [0.717, 1.165) is 12.8 Å². The van der Waals surface area contributed by atoms with E-state index in [-0.39, 0.29) is 11.6 Å². The van der Waals surface area contributed by atoms with Crippen molar-refractivity contribution in [2.45, 2.75) is 25.9 Å². The lowest BCUT2D eigenvalue weighted by Crippen LogP contribution is -2.48. The summed E-state index contributed by atoms with van der Waals surface area (Å²) >= 11 is 0. The lowest BCUT2D eigenvalue weighted by atomic mass is 9.81. The van der Waals surface area contributed by atoms with Crippen LogP contribution < -0.4 is 22.9 Å². The standard InChI is InChI=1S/C7H20N4/c1-7(2-4-8,3-5-9)6(10)11/h6H,2-5,8-11H2,1H3. The van der Waals surface area contributed by atoms with Gasteiger partial charge in [-0.2, -0.15) is 0 Å². The summed E-state index contributed by atoms with van der Waals surface area (Å²) in [7, 11) is 0. The molecular formula is C7H20N4. The average molecular weight is 160 g/mol. The molecule has 0 unspecified atom stereocenters. The monoisotopic (exact) mass is 160 g/mol. The van der Waals surface area contributed by atoms with E-state index in [1.807, 2.05) is 6.92 Å². The maximum Gasteiger partial charge on any atom is 0.0577 e. The number of rotatable bonds is 5. The summed E-state index contributed by atoms with van der Waals surface area (Å²) in [6, 6.07) is 0. The summed E-state index contributed by atoms with van der Waals surface area (Å²) < 4.78 is 0. The maximum atomic E-state index is 5.61. The Balaban J connectivity index is 4.01. The van der Waals surface area contributed by atoms with Crippen LogP contribution in [0.4, 0.5) is 0 Å². The Morgan fingerprint density at radius 1 is 1.09 bits per heavy atom. The van der Waals surface area contributed by atoms with E-state index in [4.69, 9.17) is 22.9 Å². The molecule has 68 valence electrons. The topological polar surface area (TPSA) is 104 Å². The Morgan fingerprint density at radius 3 is 1.64 bits per heavy atom. The van der Waals surface area contributed by atoms with Gasteiger partial charge in [-0.15, -0.1) is 0 Å². The zero-order valence-corrected chi connectivity index (χ0v) is 7.22. The van der Waals surface area contributed by atoms with E-state index in [2.05, 4.69) is 0 Å². The molecule has 4 nitrogen and oxygen atoms in total. The van der Waals surface area contributed by atoms with Crippen molar-refractivity contribution >= 4 is 0 Å². The first-order chi connectivity index (χ1) is 5.06. The molecule has 0 radical (unpaired) electrons. The second kappa shape index (κ2) is 4.66. The molecule has 8 N–H and O–H groups in total. The number of hydrogen-bond donors (Lipinski definition) is 4. The normalized spacial score (nSPS) is 12.5. The van der Waals surface area contributed by atoms with Gasteiger partial charge >= 0.3 is 0 Å². The molecule has 0 heterocycles. The first-order valence-electron chi connectivity index (χ1n) is 3.98. The van der Waals surface area contributed by atoms with Gasteiger partial charge in [-0.3, -0.25) is 0 Å². The summed E-state index contributed by atoms with van der Waals surface area (Å²) in [5.74, 6) is 0. The van der Waals surface area contributed by atoms with E-state index in [9.17, 15) is 0 Å². The summed E-state index contributed by atoms with van der Waals surface area (Å²) in [5.41, 5.74) is 22.0. The van der Waals surface area contributed by atoms with Gasteiger partial charge in [0.1, 0.15) is 0 Å². The van der Waals surface area contributed by atoms with Gasteiger partial charge in [0.2, 0.25) is 0 Å². The van der Waals surface area contributed by atoms with Crippen molar-refractivity contribution in [2.75, 3.05) is 13.1 Å². The molecule has 0 saturated carbocycles. The SMILES string of the molecule is CC(CCN)(CCN)C(N)N. The fourth-order valence-electron chi connectivity index (χ4n) is 1.12. The van der Waals surface area contributed by atoms with Crippen molar-refractivity contribution < 1.29 is 0 Å². The van der Waals surface area contributed by atoms with Gasteiger partial charge in [-0.05, 0) is 31.3 Å². The number of nitrogens with two attached hydrogens (primary N) is 4. The molecule has 0 atom stereocenters. The van der Waals surface area contributed by atoms with Gasteiger partial charge in [0, 0.05) is 0 Å². The maximum absolute atomic E-state index is 5.61. The highest BCUT2D eigenvalue weighted by Gasteiger charge is 2.27. The zero-order chi connectivity index (χ0) is 8.91. The fraction of sp³-hybridized carbons (Fsp3) is 1.00. The van der Waals surface area contributed by atoms with Crippen LogP contribution in [-0.2, 0) is 0 Å². The zero-order valence-electron chi connectivity index (χ0n) is 7.22. The second-order valence-corrected chi connectivity index (χ2v) is 3.26. The first kappa shape index (κ1) is 10.8. The van der Waals surface area contributed by atoms with Crippen molar-refractivity contribution in [1.29, 1.82) is 0 Å². The number of hydrogen-bond acceptors (Lipinski definition) is 4. The van der Waals surface area contributed by atoms with Gasteiger partial charge in [-0.1, -0.05) is 6.92 Å². The highest BCUT2D eigenvalue weighted by atomic mass is 14.9. The van der Waals surface area contributed by atoms with Gasteiger partial charge in [0.05, 0.1) is 6.17 Å². The van der Waals surface area contributed by atoms with Crippen LogP contribution in [0.1, 0.15) is 19.8 Å². The van der Waals surface area contributed by atoms with Gasteiger partial charge in [-0.25, -0.2) is 0 Å². The Hall–Kier alpha value is -0.160. The molecular weight excluding hydrogens is 140 g/mol. The molecule has 0 aromatic heterocycles. The Morgan fingerprint density at radius 2 is 1.45 bits per heavy atom. The molecule has 0 saturated heterocycles. The van der Waals surface area contributed by atoms with Crippen LogP contribution in [0.3, 0.4) is 0 Å². The van der Waals surface area contributed by atoms with Crippen LogP contribution in [-0.4, -0.2) is 19.3 Å². The van der Waals surface area contributed by atoms with E-state index < -0.39 is 0 Å². The van der Waals surface area contributed by atoms with Crippen LogP contribution in [0.5, 0.6) is 0 Å². The Labute approximate surface area is 68.3 Å². The summed E-state index contributed by atoms with van der Waals surface area (Å²) in [6.45, 7) is 3.25. The first-order valence-corrected chi connectivity index (χ1v) is 3.98. The second-order valence-electron chi connectivity index (χ2n) is 3.26. The molecule has 4 heteroatoms. The highest BCUT2D eigenvalue weighted by Crippen LogP contribution is 2.25. The van der Waals surface area contributed by atoms with Gasteiger partial charge in [0.25, 0.3) is 0 Å². The van der Waals surface area contributed by atoms with Crippen LogP contribution in [0.25, 0.3) is 0 Å². The highest BCUT2D eigenvalue weighted by molar-refractivity contribution is 4.82. The molecule has 0 spiro atoms. The van der Waals surface area contributed by atoms with Crippen molar-refractivity contribution in [2.24, 2.45) is 28.3 Å². The predicted octanol–water partition coefficient (Wildman–Crippen LogP) is -1.07. The van der Waals surface area contributed by atoms with Gasteiger partial charge < -0.3 is 22.9 Å². The van der Waals surface area contributed by atoms with E-state index >= 15 is 0 Å². The van der Waals surface area contributed by atoms with Crippen molar-refractivity contribution in [3.63, 3.8) is 0 Å². The minimum Gasteiger partial charge on any atom is -0.330 e. The smallest absolute Gasteiger partial charge is 0.0577 e. The van der Waals surface area contributed by atoms with Gasteiger partial charge in [0.15, 0.2) is 0 Å². The summed E-state index contributed by atoms with van der Waals surface area (Å²) in [6.07, 6.45) is 1.35. The summed E-state index contributed by atoms with van der Waals surface area (Å²) in [5, 5.41) is 0. The molecule has 0 aliphatic carbocycles. The molecule has 11 heavy (non-hydrogen) atoms. The van der Waals surface area contributed by atoms with Crippen LogP contribution in [0, 0.1) is 5.41 Å². The van der Waals surface area contributed by atoms with Crippen molar-refractivity contribution in [3.05, 3.63) is 0 Å². The quantitative estimate of drug-likeness (QED) is 0.384. The van der Waals surface area contributed by atoms with E-state index in [0.29, 0.717) is 13.1 Å². The third-order valence-electron chi connectivity index (χ3n) is 2.24. The molecule has 0 aliphatic heterocycles. The minimum atomic E-state index is -0.324. The van der Waals surface area contributed by atoms with Crippen molar-refractivity contribution in [3.8, 4) is 0 Å². The predicted molar refractivity (Wildman–Crippen MR) is 47.6 cm³/mol. The molecule has 0 rings (SSSR count). The average Bonchev–Trinajstić information content (AvgIpc) is 1.88. The molecule has 0 fully saturated rings.